The van der Waals surface area contributed by atoms with Gasteiger partial charge in [0.05, 0.1) is 19.0 Å². The third-order valence-corrected chi connectivity index (χ3v) is 5.53. The molecule has 0 saturated heterocycles. The van der Waals surface area contributed by atoms with Crippen molar-refractivity contribution in [3.05, 3.63) is 60.9 Å². The van der Waals surface area contributed by atoms with Crippen molar-refractivity contribution in [3.63, 3.8) is 0 Å². The normalized spacial score (nSPS) is 12.5. The lowest BCUT2D eigenvalue weighted by Crippen LogP contribution is -2.30. The molecule has 0 aliphatic rings. The molecule has 32 heavy (non-hydrogen) atoms. The highest BCUT2D eigenvalue weighted by Crippen LogP contribution is 2.29. The van der Waals surface area contributed by atoms with Crippen LogP contribution in [0.3, 0.4) is 0 Å². The van der Waals surface area contributed by atoms with Crippen LogP contribution in [0.2, 0.25) is 0 Å². The summed E-state index contributed by atoms with van der Waals surface area (Å²) in [5, 5.41) is 16.5. The van der Waals surface area contributed by atoms with Gasteiger partial charge in [0.2, 0.25) is 5.95 Å². The van der Waals surface area contributed by atoms with Crippen molar-refractivity contribution < 1.29 is 5.11 Å². The number of benzene rings is 2. The van der Waals surface area contributed by atoms with Crippen molar-refractivity contribution in [1.29, 1.82) is 0 Å². The number of anilines is 3. The van der Waals surface area contributed by atoms with E-state index in [1.165, 1.54) is 0 Å². The fourth-order valence-corrected chi connectivity index (χ4v) is 3.58. The summed E-state index contributed by atoms with van der Waals surface area (Å²) in [6.07, 6.45) is 1.80. The standard InChI is InChI=1S/C25H30N6O/c1-16(2)21(14-32)28-25-29-23(22-24(30-25)31(15-26-22)17(3)4)27-20-12-8-11-19(13-20)18-9-6-5-7-10-18/h5-13,15-17,21,32H,14H2,1-4H3,(H2,27,28,29,30)/t21-/m0/s1. The lowest BCUT2D eigenvalue weighted by atomic mass is 10.1. The van der Waals surface area contributed by atoms with Crippen LogP contribution < -0.4 is 10.6 Å². The van der Waals surface area contributed by atoms with Gasteiger partial charge in [-0.05, 0) is 43.0 Å². The Labute approximate surface area is 188 Å². The SMILES string of the molecule is CC(C)[C@H](CO)Nc1nc(Nc2cccc(-c3ccccc3)c2)c2ncn(C(C)C)c2n1. The van der Waals surface area contributed by atoms with Crippen LogP contribution in [0.5, 0.6) is 0 Å². The van der Waals surface area contributed by atoms with Gasteiger partial charge in [-0.25, -0.2) is 4.98 Å². The number of nitrogens with zero attached hydrogens (tertiary/aromatic N) is 4. The van der Waals surface area contributed by atoms with Gasteiger partial charge in [0.1, 0.15) is 0 Å². The van der Waals surface area contributed by atoms with Gasteiger partial charge in [-0.3, -0.25) is 0 Å². The summed E-state index contributed by atoms with van der Waals surface area (Å²) < 4.78 is 2.02. The maximum Gasteiger partial charge on any atom is 0.227 e. The van der Waals surface area contributed by atoms with E-state index >= 15 is 0 Å². The Morgan fingerprint density at radius 1 is 0.938 bits per heavy atom. The molecule has 0 radical (unpaired) electrons. The zero-order valence-corrected chi connectivity index (χ0v) is 18.9. The Morgan fingerprint density at radius 3 is 2.38 bits per heavy atom. The topological polar surface area (TPSA) is 87.9 Å². The molecule has 0 aliphatic heterocycles. The summed E-state index contributed by atoms with van der Waals surface area (Å²) in [5.41, 5.74) is 4.64. The maximum atomic E-state index is 9.77. The van der Waals surface area contributed by atoms with Crippen molar-refractivity contribution in [2.75, 3.05) is 17.2 Å². The van der Waals surface area contributed by atoms with Crippen LogP contribution >= 0.6 is 0 Å². The zero-order valence-electron chi connectivity index (χ0n) is 18.9. The molecule has 4 aromatic rings. The molecular weight excluding hydrogens is 400 g/mol. The molecule has 7 heteroatoms. The van der Waals surface area contributed by atoms with Gasteiger partial charge in [0.15, 0.2) is 17.0 Å². The molecule has 4 rings (SSSR count). The lowest BCUT2D eigenvalue weighted by Gasteiger charge is -2.20. The Bertz CT molecular complexity index is 1190. The van der Waals surface area contributed by atoms with E-state index in [0.717, 1.165) is 22.5 Å². The molecule has 0 fully saturated rings. The van der Waals surface area contributed by atoms with Crippen molar-refractivity contribution in [3.8, 4) is 11.1 Å². The predicted octanol–water partition coefficient (Wildman–Crippen LogP) is 5.25. The van der Waals surface area contributed by atoms with E-state index in [2.05, 4.69) is 67.6 Å². The zero-order chi connectivity index (χ0) is 22.7. The van der Waals surface area contributed by atoms with Gasteiger partial charge >= 0.3 is 0 Å². The summed E-state index contributed by atoms with van der Waals surface area (Å²) >= 11 is 0. The third-order valence-electron chi connectivity index (χ3n) is 5.53. The quantitative estimate of drug-likeness (QED) is 0.354. The number of aliphatic hydroxyl groups is 1. The number of rotatable bonds is 8. The van der Waals surface area contributed by atoms with Gasteiger partial charge in [-0.1, -0.05) is 56.3 Å². The second-order valence-electron chi connectivity index (χ2n) is 8.56. The number of aromatic nitrogens is 4. The Kier molecular flexibility index (Phi) is 6.37. The molecule has 166 valence electrons. The van der Waals surface area contributed by atoms with E-state index in [0.29, 0.717) is 17.3 Å². The van der Waals surface area contributed by atoms with Crippen LogP contribution in [0, 0.1) is 5.92 Å². The second-order valence-corrected chi connectivity index (χ2v) is 8.56. The monoisotopic (exact) mass is 430 g/mol. The molecule has 7 nitrogen and oxygen atoms in total. The highest BCUT2D eigenvalue weighted by Gasteiger charge is 2.18. The Hall–Kier alpha value is -3.45. The number of fused-ring (bicyclic) bond motifs is 1. The van der Waals surface area contributed by atoms with E-state index in [9.17, 15) is 5.11 Å². The third kappa shape index (κ3) is 4.57. The van der Waals surface area contributed by atoms with E-state index in [1.54, 1.807) is 6.33 Å². The molecule has 2 heterocycles. The van der Waals surface area contributed by atoms with Crippen molar-refractivity contribution in [1.82, 2.24) is 19.5 Å². The summed E-state index contributed by atoms with van der Waals surface area (Å²) in [7, 11) is 0. The fourth-order valence-electron chi connectivity index (χ4n) is 3.58. The lowest BCUT2D eigenvalue weighted by molar-refractivity contribution is 0.248. The summed E-state index contributed by atoms with van der Waals surface area (Å²) in [6.45, 7) is 8.30. The van der Waals surface area contributed by atoms with Crippen LogP contribution in [-0.4, -0.2) is 37.3 Å². The van der Waals surface area contributed by atoms with E-state index in [4.69, 9.17) is 9.97 Å². The van der Waals surface area contributed by atoms with Crippen molar-refractivity contribution in [2.45, 2.75) is 39.8 Å². The second kappa shape index (κ2) is 9.36. The first kappa shape index (κ1) is 21.8. The van der Waals surface area contributed by atoms with Gasteiger partial charge in [-0.2, -0.15) is 9.97 Å². The molecule has 0 amide bonds. The van der Waals surface area contributed by atoms with Crippen molar-refractivity contribution in [2.24, 2.45) is 5.92 Å². The van der Waals surface area contributed by atoms with E-state index in [1.807, 2.05) is 34.9 Å². The van der Waals surface area contributed by atoms with E-state index < -0.39 is 0 Å². The predicted molar refractivity (Wildman–Crippen MR) is 130 cm³/mol. The van der Waals surface area contributed by atoms with Gasteiger partial charge in [-0.15, -0.1) is 0 Å². The number of aliphatic hydroxyl groups excluding tert-OH is 1. The summed E-state index contributed by atoms with van der Waals surface area (Å²) in [5.74, 6) is 1.32. The highest BCUT2D eigenvalue weighted by molar-refractivity contribution is 5.87. The number of nitrogens with one attached hydrogen (secondary N) is 2. The number of hydrogen-bond donors (Lipinski definition) is 3. The van der Waals surface area contributed by atoms with Gasteiger partial charge in [0.25, 0.3) is 0 Å². The molecule has 0 unspecified atom stereocenters. The smallest absolute Gasteiger partial charge is 0.227 e. The molecule has 0 aliphatic carbocycles. The Morgan fingerprint density at radius 2 is 1.69 bits per heavy atom. The minimum Gasteiger partial charge on any atom is -0.394 e. The maximum absolute atomic E-state index is 9.77. The molecule has 2 aromatic heterocycles. The van der Waals surface area contributed by atoms with Crippen LogP contribution in [0.1, 0.15) is 33.7 Å². The average molecular weight is 431 g/mol. The first-order valence-corrected chi connectivity index (χ1v) is 11.0. The van der Waals surface area contributed by atoms with Gasteiger partial charge < -0.3 is 20.3 Å². The van der Waals surface area contributed by atoms with Crippen LogP contribution in [-0.2, 0) is 0 Å². The first-order chi connectivity index (χ1) is 15.5. The molecule has 0 bridgehead atoms. The largest absolute Gasteiger partial charge is 0.394 e. The number of hydrogen-bond acceptors (Lipinski definition) is 6. The Balaban J connectivity index is 1.74. The number of imidazole rings is 1. The summed E-state index contributed by atoms with van der Waals surface area (Å²) in [4.78, 5) is 14.0. The van der Waals surface area contributed by atoms with Crippen molar-refractivity contribution >= 4 is 28.6 Å². The van der Waals surface area contributed by atoms with E-state index in [-0.39, 0.29) is 24.6 Å². The highest BCUT2D eigenvalue weighted by atomic mass is 16.3. The first-order valence-electron chi connectivity index (χ1n) is 11.0. The molecule has 2 aromatic carbocycles. The van der Waals surface area contributed by atoms with Crippen LogP contribution in [0.4, 0.5) is 17.5 Å². The fraction of sp³-hybridized carbons (Fsp3) is 0.320. The molecule has 0 saturated carbocycles. The minimum absolute atomic E-state index is 0.00435. The molecule has 0 spiro atoms. The molecule has 1 atom stereocenters. The molecule has 3 N–H and O–H groups in total. The average Bonchev–Trinajstić information content (AvgIpc) is 3.23. The minimum atomic E-state index is -0.142. The van der Waals surface area contributed by atoms with Crippen LogP contribution in [0.25, 0.3) is 22.3 Å². The van der Waals surface area contributed by atoms with Crippen LogP contribution in [0.15, 0.2) is 60.9 Å². The van der Waals surface area contributed by atoms with Gasteiger partial charge in [0, 0.05) is 11.7 Å². The molecular formula is C25H30N6O. The summed E-state index contributed by atoms with van der Waals surface area (Å²) in [6, 6.07) is 18.6.